The molecular weight excluding hydrogens is 408 g/mol. The minimum atomic E-state index is -1.94. The van der Waals surface area contributed by atoms with Crippen molar-refractivity contribution in [3.63, 3.8) is 0 Å². The number of rotatable bonds is 12. The Labute approximate surface area is 173 Å². The molecule has 12 nitrogen and oxygen atoms in total. The van der Waals surface area contributed by atoms with Crippen LogP contribution in [-0.2, 0) is 57.2 Å². The fraction of sp³-hybridized carbons (Fsp3) is 0.667. The third kappa shape index (κ3) is 9.96. The van der Waals surface area contributed by atoms with Crippen LogP contribution in [0.2, 0.25) is 0 Å². The van der Waals surface area contributed by atoms with E-state index in [9.17, 15) is 28.8 Å². The van der Waals surface area contributed by atoms with Crippen molar-refractivity contribution < 1.29 is 57.2 Å². The van der Waals surface area contributed by atoms with Gasteiger partial charge in [0.15, 0.2) is 24.1 Å². The molecule has 0 aliphatic carbocycles. The number of Topliss-reactive ketones (excluding diaryl/α,β-unsaturated/α-hetero) is 1. The molecule has 0 aromatic heterocycles. The maximum atomic E-state index is 12.5. The fourth-order valence-corrected chi connectivity index (χ4v) is 2.28. The zero-order valence-corrected chi connectivity index (χ0v) is 17.6. The van der Waals surface area contributed by atoms with E-state index in [2.05, 4.69) is 0 Å². The van der Waals surface area contributed by atoms with E-state index in [1.54, 1.807) is 0 Å². The van der Waals surface area contributed by atoms with Gasteiger partial charge >= 0.3 is 29.8 Å². The smallest absolute Gasteiger partial charge is 0.351 e. The summed E-state index contributed by atoms with van der Waals surface area (Å²) in [6.45, 7) is 4.69. The number of ether oxygens (including phenoxy) is 6. The second-order valence-electron chi connectivity index (χ2n) is 5.98. The van der Waals surface area contributed by atoms with Crippen LogP contribution in [-0.4, -0.2) is 80.4 Å². The van der Waals surface area contributed by atoms with Crippen LogP contribution in [0.5, 0.6) is 0 Å². The van der Waals surface area contributed by atoms with Gasteiger partial charge in [-0.15, -0.1) is 0 Å². The molecule has 0 aromatic rings. The first kappa shape index (κ1) is 27.0. The molecule has 0 fully saturated rings. The molecule has 0 radical (unpaired) electrons. The lowest BCUT2D eigenvalue weighted by Crippen LogP contribution is -2.56. The summed E-state index contributed by atoms with van der Waals surface area (Å²) in [5.74, 6) is -5.76. The van der Waals surface area contributed by atoms with Crippen LogP contribution in [0, 0.1) is 0 Å². The summed E-state index contributed by atoms with van der Waals surface area (Å²) in [5, 5.41) is 0. The monoisotopic (exact) mass is 434 g/mol. The highest BCUT2D eigenvalue weighted by atomic mass is 16.6. The van der Waals surface area contributed by atoms with Crippen molar-refractivity contribution in [2.75, 3.05) is 20.3 Å². The highest BCUT2D eigenvalue weighted by Crippen LogP contribution is 2.21. The van der Waals surface area contributed by atoms with Crippen LogP contribution in [0.1, 0.15) is 34.6 Å². The first-order valence-electron chi connectivity index (χ1n) is 8.75. The number of carbonyl (C=O) groups excluding carboxylic acids is 6. The second-order valence-corrected chi connectivity index (χ2v) is 5.98. The van der Waals surface area contributed by atoms with Gasteiger partial charge in [0.25, 0.3) is 0 Å². The van der Waals surface area contributed by atoms with Gasteiger partial charge in [-0.05, 0) is 6.92 Å². The van der Waals surface area contributed by atoms with Crippen LogP contribution >= 0.6 is 0 Å². The van der Waals surface area contributed by atoms with Crippen molar-refractivity contribution in [1.29, 1.82) is 0 Å². The largest absolute Gasteiger partial charge is 0.460 e. The van der Waals surface area contributed by atoms with Crippen molar-refractivity contribution in [2.24, 2.45) is 0 Å². The predicted octanol–water partition coefficient (Wildman–Crippen LogP) is -0.508. The first-order valence-corrected chi connectivity index (χ1v) is 8.75. The van der Waals surface area contributed by atoms with Gasteiger partial charge in [-0.2, -0.15) is 0 Å². The summed E-state index contributed by atoms with van der Waals surface area (Å²) in [5.41, 5.74) is 0. The second kappa shape index (κ2) is 13.2. The number of hydrogen-bond acceptors (Lipinski definition) is 12. The predicted molar refractivity (Wildman–Crippen MR) is 95.7 cm³/mol. The van der Waals surface area contributed by atoms with Crippen molar-refractivity contribution in [1.82, 2.24) is 0 Å². The van der Waals surface area contributed by atoms with Crippen LogP contribution in [0.15, 0.2) is 0 Å². The van der Waals surface area contributed by atoms with E-state index in [4.69, 9.17) is 28.4 Å². The van der Waals surface area contributed by atoms with Crippen LogP contribution < -0.4 is 0 Å². The molecular formula is C18H26O12. The van der Waals surface area contributed by atoms with E-state index < -0.39 is 60.0 Å². The van der Waals surface area contributed by atoms with Gasteiger partial charge in [-0.25, -0.2) is 4.79 Å². The molecule has 0 aliphatic heterocycles. The van der Waals surface area contributed by atoms with E-state index in [-0.39, 0.29) is 13.2 Å². The highest BCUT2D eigenvalue weighted by Gasteiger charge is 2.48. The molecule has 0 heterocycles. The van der Waals surface area contributed by atoms with E-state index in [0.29, 0.717) is 0 Å². The van der Waals surface area contributed by atoms with Gasteiger partial charge < -0.3 is 28.4 Å². The third-order valence-corrected chi connectivity index (χ3v) is 3.28. The minimum Gasteiger partial charge on any atom is -0.460 e. The van der Waals surface area contributed by atoms with Crippen LogP contribution in [0.3, 0.4) is 0 Å². The molecule has 0 spiro atoms. The summed E-state index contributed by atoms with van der Waals surface area (Å²) in [7, 11) is 1.35. The molecule has 0 rings (SSSR count). The molecule has 0 amide bonds. The summed E-state index contributed by atoms with van der Waals surface area (Å²) in [4.78, 5) is 70.8. The number of carbonyl (C=O) groups is 6. The molecule has 0 unspecified atom stereocenters. The van der Waals surface area contributed by atoms with Crippen molar-refractivity contribution in [3.05, 3.63) is 0 Å². The third-order valence-electron chi connectivity index (χ3n) is 3.28. The molecule has 0 bridgehead atoms. The topological polar surface area (TPSA) is 158 Å². The standard InChI is InChI=1S/C18H26O12/c1-9(19)14(27-10(2)20)15(28-11(3)21)16(29-12(4)22)17(30-13(5)23)18(24)26-8-7-25-6/h14-17H,7-8H2,1-6H3/t14-,15-,16+,17-/m1/s1. The Morgan fingerprint density at radius 1 is 0.600 bits per heavy atom. The first-order chi connectivity index (χ1) is 13.9. The summed E-state index contributed by atoms with van der Waals surface area (Å²) >= 11 is 0. The quantitative estimate of drug-likeness (QED) is 0.220. The van der Waals surface area contributed by atoms with Gasteiger partial charge in [0.2, 0.25) is 6.10 Å². The Balaban J connectivity index is 6.28. The van der Waals surface area contributed by atoms with Gasteiger partial charge in [-0.3, -0.25) is 24.0 Å². The fourth-order valence-electron chi connectivity index (χ4n) is 2.28. The Morgan fingerprint density at radius 2 is 1.00 bits per heavy atom. The Hall–Kier alpha value is -3.02. The molecule has 0 saturated heterocycles. The molecule has 0 N–H and O–H groups in total. The zero-order chi connectivity index (χ0) is 23.4. The van der Waals surface area contributed by atoms with Gasteiger partial charge in [-0.1, -0.05) is 0 Å². The van der Waals surface area contributed by atoms with E-state index in [1.807, 2.05) is 0 Å². The average molecular weight is 434 g/mol. The zero-order valence-electron chi connectivity index (χ0n) is 17.6. The number of hydrogen-bond donors (Lipinski definition) is 0. The lowest BCUT2D eigenvalue weighted by molar-refractivity contribution is -0.205. The molecule has 4 atom stereocenters. The lowest BCUT2D eigenvalue weighted by atomic mass is 9.99. The Morgan fingerprint density at radius 3 is 1.37 bits per heavy atom. The SMILES string of the molecule is COCCOC(=O)[C@H](OC(C)=O)[C@@H](OC(C)=O)[C@H](OC(C)=O)[C@H](OC(C)=O)C(C)=O. The number of ketones is 1. The Kier molecular flexibility index (Phi) is 11.9. The van der Waals surface area contributed by atoms with Crippen LogP contribution in [0.25, 0.3) is 0 Å². The van der Waals surface area contributed by atoms with Gasteiger partial charge in [0, 0.05) is 34.8 Å². The molecule has 170 valence electrons. The van der Waals surface area contributed by atoms with Gasteiger partial charge in [0.1, 0.15) is 6.61 Å². The van der Waals surface area contributed by atoms with Crippen molar-refractivity contribution in [3.8, 4) is 0 Å². The molecule has 30 heavy (non-hydrogen) atoms. The Bertz CT molecular complexity index is 656. The summed E-state index contributed by atoms with van der Waals surface area (Å²) < 4.78 is 29.6. The van der Waals surface area contributed by atoms with Gasteiger partial charge in [0.05, 0.1) is 6.61 Å². The molecule has 0 aliphatic rings. The maximum Gasteiger partial charge on any atom is 0.351 e. The number of methoxy groups -OCH3 is 1. The van der Waals surface area contributed by atoms with Crippen LogP contribution in [0.4, 0.5) is 0 Å². The van der Waals surface area contributed by atoms with E-state index in [1.165, 1.54) is 7.11 Å². The highest BCUT2D eigenvalue weighted by molar-refractivity contribution is 5.85. The van der Waals surface area contributed by atoms with E-state index in [0.717, 1.165) is 34.6 Å². The molecule has 12 heteroatoms. The lowest BCUT2D eigenvalue weighted by Gasteiger charge is -2.33. The van der Waals surface area contributed by atoms with E-state index >= 15 is 0 Å². The summed E-state index contributed by atoms with van der Waals surface area (Å²) in [6.07, 6.45) is -7.38. The summed E-state index contributed by atoms with van der Waals surface area (Å²) in [6, 6.07) is 0. The molecule has 0 aromatic carbocycles. The average Bonchev–Trinajstić information content (AvgIpc) is 2.60. The minimum absolute atomic E-state index is 0.00760. The normalized spacial score (nSPS) is 14.3. The number of esters is 5. The van der Waals surface area contributed by atoms with Crippen molar-refractivity contribution >= 4 is 35.6 Å². The van der Waals surface area contributed by atoms with Crippen molar-refractivity contribution in [2.45, 2.75) is 59.0 Å². The molecule has 0 saturated carbocycles. The maximum absolute atomic E-state index is 12.5.